The fourth-order valence-corrected chi connectivity index (χ4v) is 2.31. The molecule has 0 spiro atoms. The lowest BCUT2D eigenvalue weighted by Gasteiger charge is -2.08. The molecular weight excluding hydrogens is 232 g/mol. The van der Waals surface area contributed by atoms with Crippen molar-refractivity contribution >= 4 is 11.8 Å². The Hall–Kier alpha value is -0.830. The Kier molecular flexibility index (Phi) is 6.94. The van der Waals surface area contributed by atoms with Crippen molar-refractivity contribution in [1.29, 1.82) is 0 Å². The van der Waals surface area contributed by atoms with E-state index >= 15 is 0 Å². The van der Waals surface area contributed by atoms with Gasteiger partial charge in [-0.2, -0.15) is 11.8 Å². The number of unbranched alkanes of at least 4 members (excludes halogenated alkanes) is 1. The zero-order valence-corrected chi connectivity index (χ0v) is 11.6. The van der Waals surface area contributed by atoms with Crippen LogP contribution in [0.2, 0.25) is 0 Å². The molecule has 96 valence electrons. The van der Waals surface area contributed by atoms with Crippen LogP contribution >= 0.6 is 11.8 Å². The Morgan fingerprint density at radius 1 is 1.24 bits per heavy atom. The molecule has 17 heavy (non-hydrogen) atoms. The van der Waals surface area contributed by atoms with Crippen molar-refractivity contribution in [2.45, 2.75) is 38.9 Å². The molecule has 0 aliphatic carbocycles. The molecule has 0 atom stereocenters. The fourth-order valence-electron chi connectivity index (χ4n) is 1.42. The van der Waals surface area contributed by atoms with Crippen LogP contribution in [0.5, 0.6) is 11.5 Å². The second kappa shape index (κ2) is 8.29. The van der Waals surface area contributed by atoms with Gasteiger partial charge in [-0.25, -0.2) is 0 Å². The molecule has 0 bridgehead atoms. The Morgan fingerprint density at radius 3 is 2.71 bits per heavy atom. The van der Waals surface area contributed by atoms with E-state index in [0.717, 1.165) is 42.3 Å². The zero-order valence-electron chi connectivity index (χ0n) is 10.7. The lowest BCUT2D eigenvalue weighted by molar-refractivity contribution is 0.307. The minimum atomic E-state index is 0.350. The monoisotopic (exact) mass is 254 g/mol. The maximum Gasteiger partial charge on any atom is 0.123 e. The van der Waals surface area contributed by atoms with Gasteiger partial charge < -0.3 is 9.84 Å². The van der Waals surface area contributed by atoms with Crippen LogP contribution in [-0.2, 0) is 5.75 Å². The highest BCUT2D eigenvalue weighted by Gasteiger charge is 2.03. The fraction of sp³-hybridized carbons (Fsp3) is 0.571. The van der Waals surface area contributed by atoms with Crippen LogP contribution < -0.4 is 4.74 Å². The van der Waals surface area contributed by atoms with Crippen molar-refractivity contribution in [2.24, 2.45) is 0 Å². The first-order valence-corrected chi connectivity index (χ1v) is 7.45. The van der Waals surface area contributed by atoms with Crippen LogP contribution in [0.15, 0.2) is 18.2 Å². The highest BCUT2D eigenvalue weighted by atomic mass is 32.2. The van der Waals surface area contributed by atoms with Gasteiger partial charge in [0.25, 0.3) is 0 Å². The van der Waals surface area contributed by atoms with Crippen molar-refractivity contribution in [3.05, 3.63) is 23.8 Å². The molecule has 0 saturated carbocycles. The molecule has 0 fully saturated rings. The summed E-state index contributed by atoms with van der Waals surface area (Å²) in [6, 6.07) is 5.62. The SMILES string of the molecule is CCCCOc1ccc(CSCCC)c(O)c1. The van der Waals surface area contributed by atoms with Crippen LogP contribution in [0.1, 0.15) is 38.7 Å². The molecule has 0 aromatic heterocycles. The summed E-state index contributed by atoms with van der Waals surface area (Å²) in [7, 11) is 0. The Bertz CT molecular complexity index is 326. The number of hydrogen-bond donors (Lipinski definition) is 1. The van der Waals surface area contributed by atoms with Gasteiger partial charge in [0.2, 0.25) is 0 Å². The van der Waals surface area contributed by atoms with Gasteiger partial charge in [0, 0.05) is 17.4 Å². The average molecular weight is 254 g/mol. The molecule has 3 heteroatoms. The lowest BCUT2D eigenvalue weighted by atomic mass is 10.2. The second-order valence-corrected chi connectivity index (χ2v) is 5.15. The molecule has 1 rings (SSSR count). The van der Waals surface area contributed by atoms with Crippen LogP contribution in [-0.4, -0.2) is 17.5 Å². The molecule has 0 heterocycles. The summed E-state index contributed by atoms with van der Waals surface area (Å²) in [5.74, 6) is 3.12. The summed E-state index contributed by atoms with van der Waals surface area (Å²) in [6.07, 6.45) is 3.34. The van der Waals surface area contributed by atoms with E-state index in [0.29, 0.717) is 5.75 Å². The number of phenols is 1. The van der Waals surface area contributed by atoms with E-state index in [1.165, 1.54) is 6.42 Å². The molecule has 0 aliphatic rings. The predicted molar refractivity (Wildman–Crippen MR) is 75.0 cm³/mol. The maximum atomic E-state index is 9.85. The van der Waals surface area contributed by atoms with Crippen molar-refractivity contribution in [1.82, 2.24) is 0 Å². The first-order chi connectivity index (χ1) is 8.27. The van der Waals surface area contributed by atoms with Gasteiger partial charge in [-0.05, 0) is 24.7 Å². The molecule has 0 aliphatic heterocycles. The summed E-state index contributed by atoms with van der Waals surface area (Å²) in [6.45, 7) is 5.02. The third-order valence-electron chi connectivity index (χ3n) is 2.43. The molecule has 1 aromatic carbocycles. The molecule has 1 N–H and O–H groups in total. The van der Waals surface area contributed by atoms with Gasteiger partial charge in [0.1, 0.15) is 11.5 Å². The summed E-state index contributed by atoms with van der Waals surface area (Å²) >= 11 is 1.85. The normalized spacial score (nSPS) is 10.5. The van der Waals surface area contributed by atoms with Crippen molar-refractivity contribution in [3.8, 4) is 11.5 Å². The Morgan fingerprint density at radius 2 is 2.06 bits per heavy atom. The third-order valence-corrected chi connectivity index (χ3v) is 3.64. The van der Waals surface area contributed by atoms with E-state index in [4.69, 9.17) is 4.74 Å². The van der Waals surface area contributed by atoms with Crippen LogP contribution in [0.25, 0.3) is 0 Å². The topological polar surface area (TPSA) is 29.5 Å². The molecule has 0 unspecified atom stereocenters. The number of phenolic OH excluding ortho intramolecular Hbond substituents is 1. The van der Waals surface area contributed by atoms with Crippen molar-refractivity contribution < 1.29 is 9.84 Å². The van der Waals surface area contributed by atoms with E-state index in [2.05, 4.69) is 13.8 Å². The van der Waals surface area contributed by atoms with E-state index in [1.54, 1.807) is 6.07 Å². The van der Waals surface area contributed by atoms with Gasteiger partial charge >= 0.3 is 0 Å². The van der Waals surface area contributed by atoms with Crippen LogP contribution in [0.3, 0.4) is 0 Å². The highest BCUT2D eigenvalue weighted by Crippen LogP contribution is 2.27. The molecular formula is C14H22O2S. The number of hydrogen-bond acceptors (Lipinski definition) is 3. The van der Waals surface area contributed by atoms with E-state index in [-0.39, 0.29) is 0 Å². The number of benzene rings is 1. The number of rotatable bonds is 8. The smallest absolute Gasteiger partial charge is 0.123 e. The van der Waals surface area contributed by atoms with Crippen molar-refractivity contribution in [3.63, 3.8) is 0 Å². The van der Waals surface area contributed by atoms with Gasteiger partial charge in [-0.1, -0.05) is 26.3 Å². The number of aromatic hydroxyl groups is 1. The predicted octanol–water partition coefficient (Wildman–Crippen LogP) is 4.21. The van der Waals surface area contributed by atoms with E-state index in [9.17, 15) is 5.11 Å². The minimum absolute atomic E-state index is 0.350. The summed E-state index contributed by atoms with van der Waals surface area (Å²) < 4.78 is 5.54. The lowest BCUT2D eigenvalue weighted by Crippen LogP contribution is -1.96. The molecule has 0 radical (unpaired) electrons. The average Bonchev–Trinajstić information content (AvgIpc) is 2.32. The largest absolute Gasteiger partial charge is 0.507 e. The maximum absolute atomic E-state index is 9.85. The Balaban J connectivity index is 2.47. The van der Waals surface area contributed by atoms with Crippen molar-refractivity contribution in [2.75, 3.05) is 12.4 Å². The van der Waals surface area contributed by atoms with Crippen LogP contribution in [0, 0.1) is 0 Å². The molecule has 2 nitrogen and oxygen atoms in total. The molecule has 0 amide bonds. The standard InChI is InChI=1S/C14H22O2S/c1-3-5-8-16-13-7-6-12(14(15)10-13)11-17-9-4-2/h6-7,10,15H,3-5,8-9,11H2,1-2H3. The number of thioether (sulfide) groups is 1. The van der Waals surface area contributed by atoms with Gasteiger partial charge in [0.15, 0.2) is 0 Å². The summed E-state index contributed by atoms with van der Waals surface area (Å²) in [5, 5.41) is 9.85. The van der Waals surface area contributed by atoms with Gasteiger partial charge in [0.05, 0.1) is 6.61 Å². The molecule has 0 saturated heterocycles. The zero-order chi connectivity index (χ0) is 12.5. The Labute approximate surface area is 108 Å². The quantitative estimate of drug-likeness (QED) is 0.704. The second-order valence-electron chi connectivity index (χ2n) is 4.05. The minimum Gasteiger partial charge on any atom is -0.507 e. The highest BCUT2D eigenvalue weighted by molar-refractivity contribution is 7.98. The van der Waals surface area contributed by atoms with E-state index in [1.807, 2.05) is 23.9 Å². The number of ether oxygens (including phenoxy) is 1. The first kappa shape index (κ1) is 14.2. The van der Waals surface area contributed by atoms with E-state index < -0.39 is 0 Å². The third kappa shape index (κ3) is 5.35. The molecule has 1 aromatic rings. The van der Waals surface area contributed by atoms with Crippen LogP contribution in [0.4, 0.5) is 0 Å². The van der Waals surface area contributed by atoms with Gasteiger partial charge in [-0.15, -0.1) is 0 Å². The summed E-state index contributed by atoms with van der Waals surface area (Å²) in [5.41, 5.74) is 0.992. The first-order valence-electron chi connectivity index (χ1n) is 6.30. The van der Waals surface area contributed by atoms with Gasteiger partial charge in [-0.3, -0.25) is 0 Å². The summed E-state index contributed by atoms with van der Waals surface area (Å²) in [4.78, 5) is 0.